The third-order valence-electron chi connectivity index (χ3n) is 15.2. The van der Waals surface area contributed by atoms with E-state index in [0.29, 0.717) is 42.2 Å². The molecule has 6 fully saturated rings. The van der Waals surface area contributed by atoms with Crippen LogP contribution < -0.4 is 0 Å². The zero-order valence-corrected chi connectivity index (χ0v) is 36.4. The van der Waals surface area contributed by atoms with Crippen LogP contribution in [-0.2, 0) is 18.9 Å². The van der Waals surface area contributed by atoms with E-state index in [9.17, 15) is 5.11 Å². The maximum Gasteiger partial charge on any atom is 0.0801 e. The molecule has 2 saturated heterocycles. The second kappa shape index (κ2) is 18.0. The van der Waals surface area contributed by atoms with Crippen LogP contribution in [0.3, 0.4) is 0 Å². The highest BCUT2D eigenvalue weighted by Gasteiger charge is 2.44. The van der Waals surface area contributed by atoms with Crippen LogP contribution in [0.15, 0.2) is 0 Å². The summed E-state index contributed by atoms with van der Waals surface area (Å²) >= 11 is 4.13. The molecule has 0 radical (unpaired) electrons. The Labute approximate surface area is 328 Å². The molecule has 6 rings (SSSR count). The van der Waals surface area contributed by atoms with Gasteiger partial charge in [-0.15, -0.1) is 0 Å². The molecule has 0 aromatic rings. The molecule has 5 nitrogen and oxygen atoms in total. The molecule has 52 heavy (non-hydrogen) atoms. The molecule has 2 aliphatic heterocycles. The van der Waals surface area contributed by atoms with Gasteiger partial charge in [0.2, 0.25) is 0 Å². The van der Waals surface area contributed by atoms with Crippen molar-refractivity contribution in [3.63, 3.8) is 0 Å². The number of ether oxygens (including phenoxy) is 4. The van der Waals surface area contributed by atoms with Gasteiger partial charge in [0.1, 0.15) is 0 Å². The molecular weight excluding hydrogens is 685 g/mol. The Bertz CT molecular complexity index is 1070. The topological polar surface area (TPSA) is 57.2 Å². The number of aliphatic hydroxyl groups is 1. The molecule has 0 aromatic heterocycles. The number of aliphatic hydroxyl groups excluding tert-OH is 1. The monoisotopic (exact) mass is 765 g/mol. The van der Waals surface area contributed by atoms with Crippen LogP contribution >= 0.6 is 23.5 Å². The lowest BCUT2D eigenvalue weighted by atomic mass is 9.60. The van der Waals surface area contributed by atoms with E-state index in [1.807, 2.05) is 11.8 Å². The summed E-state index contributed by atoms with van der Waals surface area (Å²) in [6.45, 7) is 20.6. The van der Waals surface area contributed by atoms with Gasteiger partial charge in [0.05, 0.1) is 54.9 Å². The fourth-order valence-electron chi connectivity index (χ4n) is 11.5. The minimum atomic E-state index is -0.480. The maximum atomic E-state index is 11.1. The number of hydrogen-bond donors (Lipinski definition) is 1. The van der Waals surface area contributed by atoms with Crippen molar-refractivity contribution in [2.24, 2.45) is 34.5 Å². The number of hydrogen-bond acceptors (Lipinski definition) is 7. The quantitative estimate of drug-likeness (QED) is 0.139. The summed E-state index contributed by atoms with van der Waals surface area (Å²) in [6, 6.07) is 0. The molecule has 7 heteroatoms. The second-order valence-corrected chi connectivity index (χ2v) is 23.6. The standard InChI is InChI=1S/C45H80O5S2/c1-42(2,49-38-21-13-33(14-22-38)45(7,8)32-11-19-37(20-12-32)48-28-41-30-52-41)25-35(46)27-47-36-17-9-31(10-18-36)44(5,6)34-15-23-39(24-16-34)50-43(3,4)26-40-29-51-40/h31-41,46H,9-30H2,1-8H3. The highest BCUT2D eigenvalue weighted by atomic mass is 32.2. The van der Waals surface area contributed by atoms with E-state index in [4.69, 9.17) is 18.9 Å². The van der Waals surface area contributed by atoms with E-state index in [1.54, 1.807) is 0 Å². The predicted octanol–water partition coefficient (Wildman–Crippen LogP) is 11.3. The fourth-order valence-corrected chi connectivity index (χ4v) is 12.7. The highest BCUT2D eigenvalue weighted by molar-refractivity contribution is 8.07. The lowest BCUT2D eigenvalue weighted by Gasteiger charge is -2.47. The Balaban J connectivity index is 0.838. The first kappa shape index (κ1) is 42.1. The van der Waals surface area contributed by atoms with Crippen molar-refractivity contribution in [2.45, 2.75) is 223 Å². The summed E-state index contributed by atoms with van der Waals surface area (Å²) in [5, 5.41) is 12.7. The van der Waals surface area contributed by atoms with Gasteiger partial charge in [-0.1, -0.05) is 27.7 Å². The molecule has 3 atom stereocenters. The van der Waals surface area contributed by atoms with Crippen LogP contribution in [0, 0.1) is 34.5 Å². The van der Waals surface area contributed by atoms with Crippen LogP contribution in [0.5, 0.6) is 0 Å². The molecule has 302 valence electrons. The van der Waals surface area contributed by atoms with E-state index in [1.165, 1.54) is 95.0 Å². The molecule has 1 N–H and O–H groups in total. The van der Waals surface area contributed by atoms with Crippen molar-refractivity contribution >= 4 is 23.5 Å². The van der Waals surface area contributed by atoms with Crippen molar-refractivity contribution in [2.75, 3.05) is 24.7 Å². The Morgan fingerprint density at radius 2 is 0.865 bits per heavy atom. The Kier molecular flexibility index (Phi) is 14.6. The van der Waals surface area contributed by atoms with Crippen LogP contribution in [0.4, 0.5) is 0 Å². The molecule has 0 spiro atoms. The van der Waals surface area contributed by atoms with Gasteiger partial charge in [0.25, 0.3) is 0 Å². The molecule has 0 amide bonds. The minimum absolute atomic E-state index is 0.0242. The van der Waals surface area contributed by atoms with E-state index >= 15 is 0 Å². The van der Waals surface area contributed by atoms with Gasteiger partial charge in [-0.05, 0) is 171 Å². The summed E-state index contributed by atoms with van der Waals surface area (Å²) in [5.74, 6) is 5.79. The average molecular weight is 765 g/mol. The normalized spacial score (nSPS) is 37.1. The average Bonchev–Trinajstić information content (AvgIpc) is 4.04. The number of thioether (sulfide) groups is 2. The van der Waals surface area contributed by atoms with Gasteiger partial charge in [-0.2, -0.15) is 23.5 Å². The van der Waals surface area contributed by atoms with Crippen LogP contribution in [0.25, 0.3) is 0 Å². The van der Waals surface area contributed by atoms with E-state index < -0.39 is 6.10 Å². The predicted molar refractivity (Wildman–Crippen MR) is 221 cm³/mol. The first-order chi connectivity index (χ1) is 24.6. The van der Waals surface area contributed by atoms with Gasteiger partial charge < -0.3 is 24.1 Å². The summed E-state index contributed by atoms with van der Waals surface area (Å²) in [5.41, 5.74) is 0.441. The molecule has 0 aromatic carbocycles. The Morgan fingerprint density at radius 1 is 0.500 bits per heavy atom. The maximum absolute atomic E-state index is 11.1. The number of rotatable bonds is 18. The van der Waals surface area contributed by atoms with Crippen molar-refractivity contribution in [3.05, 3.63) is 0 Å². The summed E-state index contributed by atoms with van der Waals surface area (Å²) in [4.78, 5) is 0. The summed E-state index contributed by atoms with van der Waals surface area (Å²) < 4.78 is 26.0. The molecule has 2 heterocycles. The van der Waals surface area contributed by atoms with Crippen molar-refractivity contribution < 1.29 is 24.1 Å². The molecular formula is C45H80O5S2. The van der Waals surface area contributed by atoms with Crippen LogP contribution in [-0.4, -0.2) is 82.0 Å². The first-order valence-electron chi connectivity index (χ1n) is 22.1. The zero-order valence-electron chi connectivity index (χ0n) is 34.8. The minimum Gasteiger partial charge on any atom is -0.391 e. The largest absolute Gasteiger partial charge is 0.391 e. The third kappa shape index (κ3) is 12.3. The lowest BCUT2D eigenvalue weighted by Crippen LogP contribution is -2.42. The smallest absolute Gasteiger partial charge is 0.0801 e. The molecule has 0 bridgehead atoms. The van der Waals surface area contributed by atoms with E-state index in [-0.39, 0.29) is 17.3 Å². The first-order valence-corrected chi connectivity index (χ1v) is 24.2. The van der Waals surface area contributed by atoms with Crippen LogP contribution in [0.2, 0.25) is 0 Å². The van der Waals surface area contributed by atoms with Crippen molar-refractivity contribution in [1.29, 1.82) is 0 Å². The molecule has 6 aliphatic rings. The lowest BCUT2D eigenvalue weighted by molar-refractivity contribution is -0.125. The van der Waals surface area contributed by atoms with Gasteiger partial charge in [0, 0.05) is 28.4 Å². The van der Waals surface area contributed by atoms with Crippen LogP contribution in [0.1, 0.15) is 171 Å². The van der Waals surface area contributed by atoms with E-state index in [0.717, 1.165) is 66.5 Å². The van der Waals surface area contributed by atoms with Gasteiger partial charge >= 0.3 is 0 Å². The molecule has 4 aliphatic carbocycles. The van der Waals surface area contributed by atoms with Gasteiger partial charge in [-0.3, -0.25) is 0 Å². The van der Waals surface area contributed by atoms with Gasteiger partial charge in [0.15, 0.2) is 0 Å². The summed E-state index contributed by atoms with van der Waals surface area (Å²) in [6.07, 6.45) is 22.7. The van der Waals surface area contributed by atoms with Crippen molar-refractivity contribution in [3.8, 4) is 0 Å². The highest BCUT2D eigenvalue weighted by Crippen LogP contribution is 2.51. The Hall–Kier alpha value is 0.500. The Morgan fingerprint density at radius 3 is 1.27 bits per heavy atom. The van der Waals surface area contributed by atoms with Crippen molar-refractivity contribution in [1.82, 2.24) is 0 Å². The zero-order chi connectivity index (χ0) is 37.1. The van der Waals surface area contributed by atoms with Gasteiger partial charge in [-0.25, -0.2) is 0 Å². The molecule has 4 saturated carbocycles. The fraction of sp³-hybridized carbons (Fsp3) is 1.00. The SMILES string of the molecule is CC(C)(CC(O)COC1CCC(C(C)(C)C2CCC(OC(C)(C)CC3CS3)CC2)CC1)OC1CCC(C(C)(C)C2CCC(OCC3CS3)CC2)CC1. The third-order valence-corrected chi connectivity index (χ3v) is 17.1. The molecule has 3 unspecified atom stereocenters. The van der Waals surface area contributed by atoms with E-state index in [2.05, 4.69) is 67.2 Å². The second-order valence-electron chi connectivity index (χ2n) is 20.9. The summed E-state index contributed by atoms with van der Waals surface area (Å²) in [7, 11) is 0.